The van der Waals surface area contributed by atoms with E-state index in [1.54, 1.807) is 19.2 Å². The maximum atomic E-state index is 13.3. The largest absolute Gasteiger partial charge is 0.416 e. The van der Waals surface area contributed by atoms with Crippen LogP contribution in [0.15, 0.2) is 42.5 Å². The van der Waals surface area contributed by atoms with Crippen LogP contribution in [0.3, 0.4) is 0 Å². The molecule has 0 aromatic heterocycles. The quantitative estimate of drug-likeness (QED) is 0.655. The predicted octanol–water partition coefficient (Wildman–Crippen LogP) is 2.63. The van der Waals surface area contributed by atoms with Gasteiger partial charge in [0.25, 0.3) is 5.91 Å². The van der Waals surface area contributed by atoms with Gasteiger partial charge in [0.2, 0.25) is 11.8 Å². The minimum atomic E-state index is -4.48. The van der Waals surface area contributed by atoms with Crippen molar-refractivity contribution in [1.82, 2.24) is 15.5 Å². The van der Waals surface area contributed by atoms with Crippen LogP contribution in [0.5, 0.6) is 0 Å². The van der Waals surface area contributed by atoms with Gasteiger partial charge in [-0.25, -0.2) is 0 Å². The van der Waals surface area contributed by atoms with Gasteiger partial charge in [0.1, 0.15) is 6.04 Å². The predicted molar refractivity (Wildman–Crippen MR) is 115 cm³/mol. The van der Waals surface area contributed by atoms with Gasteiger partial charge in [0.15, 0.2) is 0 Å². The highest BCUT2D eigenvalue weighted by Gasteiger charge is 2.40. The molecule has 3 amide bonds. The van der Waals surface area contributed by atoms with Crippen LogP contribution in [0.1, 0.15) is 28.8 Å². The van der Waals surface area contributed by atoms with Gasteiger partial charge in [0.05, 0.1) is 23.4 Å². The molecule has 3 N–H and O–H groups in total. The summed E-state index contributed by atoms with van der Waals surface area (Å²) in [6.45, 7) is 0.425. The van der Waals surface area contributed by atoms with Crippen molar-refractivity contribution < 1.29 is 27.6 Å². The summed E-state index contributed by atoms with van der Waals surface area (Å²) in [7, 11) is 1.66. The van der Waals surface area contributed by atoms with Crippen molar-refractivity contribution in [3.05, 3.63) is 53.6 Å². The molecule has 33 heavy (non-hydrogen) atoms. The second-order valence-corrected chi connectivity index (χ2v) is 8.16. The molecule has 10 heteroatoms. The third kappa shape index (κ3) is 4.70. The van der Waals surface area contributed by atoms with E-state index in [4.69, 9.17) is 0 Å². The number of likely N-dealkylation sites (N-methyl/N-ethyl adjacent to an activating group) is 1. The number of halogens is 3. The van der Waals surface area contributed by atoms with Crippen LogP contribution in [0, 0.1) is 0 Å². The van der Waals surface area contributed by atoms with Gasteiger partial charge in [-0.15, -0.1) is 0 Å². The number of nitrogens with one attached hydrogen (secondary N) is 3. The maximum absolute atomic E-state index is 13.3. The zero-order chi connectivity index (χ0) is 23.8. The lowest BCUT2D eigenvalue weighted by atomic mass is 9.95. The van der Waals surface area contributed by atoms with Gasteiger partial charge in [0, 0.05) is 12.6 Å². The molecule has 2 aromatic carbocycles. The van der Waals surface area contributed by atoms with Crippen LogP contribution >= 0.6 is 0 Å². The number of alkyl halides is 3. The van der Waals surface area contributed by atoms with Crippen molar-refractivity contribution in [3.63, 3.8) is 0 Å². The molecule has 2 heterocycles. The maximum Gasteiger partial charge on any atom is 0.416 e. The molecule has 1 fully saturated rings. The van der Waals surface area contributed by atoms with E-state index in [1.165, 1.54) is 23.1 Å². The molecular formula is C23H23F3N4O3. The number of carbonyl (C=O) groups is 3. The average molecular weight is 460 g/mol. The summed E-state index contributed by atoms with van der Waals surface area (Å²) >= 11 is 0. The van der Waals surface area contributed by atoms with Crippen molar-refractivity contribution in [2.75, 3.05) is 25.5 Å². The Morgan fingerprint density at radius 2 is 1.91 bits per heavy atom. The summed E-state index contributed by atoms with van der Waals surface area (Å²) < 4.78 is 39.4. The molecule has 7 nitrogen and oxygen atoms in total. The number of piperidine rings is 1. The first-order valence-electron chi connectivity index (χ1n) is 10.5. The molecule has 2 aliphatic heterocycles. The second kappa shape index (κ2) is 8.86. The Morgan fingerprint density at radius 3 is 2.64 bits per heavy atom. The molecule has 0 unspecified atom stereocenters. The lowest BCUT2D eigenvalue weighted by molar-refractivity contribution is -0.137. The van der Waals surface area contributed by atoms with E-state index >= 15 is 0 Å². The van der Waals surface area contributed by atoms with E-state index in [0.717, 1.165) is 12.1 Å². The standard InChI is InChI=1S/C23H23F3N4O3/c1-27-12-20(31)28-16-7-8-30-19(11-16)21(32)29-18-6-5-14(10-17(18)22(30)33)13-3-2-4-15(9-13)23(24,25)26/h2-6,9-10,16,19,27H,7-8,11-12H2,1H3,(H,28,31)(H,29,32)/t16-,19+/m1/s1. The molecule has 2 aliphatic rings. The Bertz CT molecular complexity index is 1100. The van der Waals surface area contributed by atoms with E-state index in [-0.39, 0.29) is 48.8 Å². The summed E-state index contributed by atoms with van der Waals surface area (Å²) in [6.07, 6.45) is -3.71. The number of anilines is 1. The number of benzene rings is 2. The SMILES string of the molecule is CNCC(=O)N[C@@H]1CCN2C(=O)c3cc(-c4cccc(C(F)(F)F)c4)ccc3NC(=O)[C@@H]2C1. The molecule has 2 aromatic rings. The summed E-state index contributed by atoms with van der Waals surface area (Å²) in [4.78, 5) is 39.5. The second-order valence-electron chi connectivity index (χ2n) is 8.16. The molecule has 0 spiro atoms. The molecule has 4 rings (SSSR count). The molecular weight excluding hydrogens is 437 g/mol. The minimum Gasteiger partial charge on any atom is -0.352 e. The molecule has 0 bridgehead atoms. The first-order valence-corrected chi connectivity index (χ1v) is 10.5. The Labute approximate surface area is 188 Å². The monoisotopic (exact) mass is 460 g/mol. The Balaban J connectivity index is 1.61. The molecule has 174 valence electrons. The van der Waals surface area contributed by atoms with Gasteiger partial charge in [-0.05, 0) is 55.3 Å². The molecule has 1 saturated heterocycles. The average Bonchev–Trinajstić information content (AvgIpc) is 2.88. The Morgan fingerprint density at radius 1 is 1.15 bits per heavy atom. The van der Waals surface area contributed by atoms with Crippen molar-refractivity contribution in [1.29, 1.82) is 0 Å². The van der Waals surface area contributed by atoms with E-state index in [0.29, 0.717) is 23.2 Å². The van der Waals surface area contributed by atoms with Crippen LogP contribution in [-0.4, -0.2) is 54.8 Å². The lowest BCUT2D eigenvalue weighted by Gasteiger charge is -2.37. The van der Waals surface area contributed by atoms with E-state index in [1.807, 2.05) is 0 Å². The normalized spacial score (nSPS) is 20.4. The van der Waals surface area contributed by atoms with Gasteiger partial charge in [-0.3, -0.25) is 14.4 Å². The minimum absolute atomic E-state index is 0.153. The summed E-state index contributed by atoms with van der Waals surface area (Å²) in [6, 6.07) is 8.50. The summed E-state index contributed by atoms with van der Waals surface area (Å²) in [5, 5.41) is 8.39. The van der Waals surface area contributed by atoms with Crippen molar-refractivity contribution in [2.45, 2.75) is 31.1 Å². The summed E-state index contributed by atoms with van der Waals surface area (Å²) in [5.41, 5.74) is 0.509. The number of fused-ring (bicyclic) bond motifs is 2. The fourth-order valence-corrected chi connectivity index (χ4v) is 4.28. The Hall–Kier alpha value is -3.40. The smallest absolute Gasteiger partial charge is 0.352 e. The van der Waals surface area contributed by atoms with Crippen molar-refractivity contribution in [3.8, 4) is 11.1 Å². The van der Waals surface area contributed by atoms with Crippen molar-refractivity contribution in [2.24, 2.45) is 0 Å². The highest BCUT2D eigenvalue weighted by molar-refractivity contribution is 6.10. The fraction of sp³-hybridized carbons (Fsp3) is 0.348. The van der Waals surface area contributed by atoms with Gasteiger partial charge < -0.3 is 20.9 Å². The molecule has 0 radical (unpaired) electrons. The fourth-order valence-electron chi connectivity index (χ4n) is 4.28. The van der Waals surface area contributed by atoms with Crippen LogP contribution in [-0.2, 0) is 15.8 Å². The van der Waals surface area contributed by atoms with E-state index in [2.05, 4.69) is 16.0 Å². The zero-order valence-corrected chi connectivity index (χ0v) is 17.8. The Kier molecular flexibility index (Phi) is 6.11. The number of hydrogen-bond donors (Lipinski definition) is 3. The zero-order valence-electron chi connectivity index (χ0n) is 17.8. The van der Waals surface area contributed by atoms with Crippen LogP contribution in [0.4, 0.5) is 18.9 Å². The molecule has 0 saturated carbocycles. The third-order valence-electron chi connectivity index (χ3n) is 5.90. The third-order valence-corrected chi connectivity index (χ3v) is 5.90. The number of rotatable bonds is 4. The lowest BCUT2D eigenvalue weighted by Crippen LogP contribution is -2.55. The van der Waals surface area contributed by atoms with E-state index < -0.39 is 17.8 Å². The van der Waals surface area contributed by atoms with Crippen LogP contribution in [0.25, 0.3) is 11.1 Å². The summed E-state index contributed by atoms with van der Waals surface area (Å²) in [5.74, 6) is -0.922. The highest BCUT2D eigenvalue weighted by atomic mass is 19.4. The van der Waals surface area contributed by atoms with Crippen molar-refractivity contribution >= 4 is 23.4 Å². The first kappa shape index (κ1) is 22.8. The number of hydrogen-bond acceptors (Lipinski definition) is 4. The topological polar surface area (TPSA) is 90.5 Å². The van der Waals surface area contributed by atoms with E-state index in [9.17, 15) is 27.6 Å². The highest BCUT2D eigenvalue weighted by Crippen LogP contribution is 2.35. The van der Waals surface area contributed by atoms with Gasteiger partial charge in [-0.2, -0.15) is 13.2 Å². The molecule has 2 atom stereocenters. The number of amides is 3. The number of carbonyl (C=O) groups excluding carboxylic acids is 3. The van der Waals surface area contributed by atoms with Gasteiger partial charge >= 0.3 is 6.18 Å². The van der Waals surface area contributed by atoms with Crippen LogP contribution in [0.2, 0.25) is 0 Å². The first-order chi connectivity index (χ1) is 15.7. The van der Waals surface area contributed by atoms with Gasteiger partial charge in [-0.1, -0.05) is 18.2 Å². The molecule has 0 aliphatic carbocycles. The van der Waals surface area contributed by atoms with Crippen LogP contribution < -0.4 is 16.0 Å². The number of nitrogens with zero attached hydrogens (tertiary/aromatic N) is 1.